The zero-order valence-corrected chi connectivity index (χ0v) is 18.9. The Hall–Kier alpha value is -3.05. The molecule has 1 aliphatic carbocycles. The Kier molecular flexibility index (Phi) is 5.63. The SMILES string of the molecule is Cc1cc(Cl)ccc1NC(=O)c1oc2c(c1C)/C(=N\Nc1ccccc1)CC(C)(C)C2. The molecule has 0 atom stereocenters. The number of fused-ring (bicyclic) bond motifs is 1. The lowest BCUT2D eigenvalue weighted by Gasteiger charge is -2.29. The predicted octanol–water partition coefficient (Wildman–Crippen LogP) is 6.59. The highest BCUT2D eigenvalue weighted by molar-refractivity contribution is 6.30. The van der Waals surface area contributed by atoms with E-state index in [2.05, 4.69) is 24.6 Å². The fraction of sp³-hybridized carbons (Fsp3) is 0.280. The van der Waals surface area contributed by atoms with Crippen LogP contribution in [0.1, 0.15) is 53.3 Å². The smallest absolute Gasteiger partial charge is 0.291 e. The van der Waals surface area contributed by atoms with Crippen LogP contribution >= 0.6 is 11.6 Å². The lowest BCUT2D eigenvalue weighted by Crippen LogP contribution is -2.27. The summed E-state index contributed by atoms with van der Waals surface area (Å²) in [5, 5.41) is 8.28. The second kappa shape index (κ2) is 8.23. The third-order valence-corrected chi connectivity index (χ3v) is 5.77. The molecule has 3 aromatic rings. The molecule has 2 aromatic carbocycles. The molecule has 0 bridgehead atoms. The minimum absolute atomic E-state index is 0.0188. The van der Waals surface area contributed by atoms with Crippen molar-refractivity contribution < 1.29 is 9.21 Å². The Morgan fingerprint density at radius 3 is 2.55 bits per heavy atom. The molecule has 4 rings (SSSR count). The van der Waals surface area contributed by atoms with E-state index in [1.165, 1.54) is 0 Å². The number of hydrogen-bond acceptors (Lipinski definition) is 4. The molecular weight excluding hydrogens is 410 g/mol. The lowest BCUT2D eigenvalue weighted by atomic mass is 9.75. The maximum Gasteiger partial charge on any atom is 0.291 e. The Labute approximate surface area is 187 Å². The number of benzene rings is 2. The van der Waals surface area contributed by atoms with Gasteiger partial charge >= 0.3 is 0 Å². The molecule has 0 radical (unpaired) electrons. The van der Waals surface area contributed by atoms with E-state index in [1.807, 2.05) is 50.2 Å². The maximum absolute atomic E-state index is 13.0. The minimum Gasteiger partial charge on any atom is -0.455 e. The monoisotopic (exact) mass is 435 g/mol. The number of hydrogen-bond donors (Lipinski definition) is 2. The van der Waals surface area contributed by atoms with Crippen LogP contribution in [0.3, 0.4) is 0 Å². The summed E-state index contributed by atoms with van der Waals surface area (Å²) in [5.74, 6) is 0.857. The Balaban J connectivity index is 1.67. The molecule has 0 saturated heterocycles. The van der Waals surface area contributed by atoms with Gasteiger partial charge in [0, 0.05) is 28.3 Å². The van der Waals surface area contributed by atoms with Crippen LogP contribution < -0.4 is 10.7 Å². The molecule has 2 N–H and O–H groups in total. The van der Waals surface area contributed by atoms with Gasteiger partial charge in [-0.25, -0.2) is 0 Å². The Morgan fingerprint density at radius 2 is 1.84 bits per heavy atom. The average Bonchev–Trinajstić information content (AvgIpc) is 3.04. The van der Waals surface area contributed by atoms with E-state index in [9.17, 15) is 4.79 Å². The van der Waals surface area contributed by atoms with Gasteiger partial charge in [-0.3, -0.25) is 10.2 Å². The minimum atomic E-state index is -0.273. The Morgan fingerprint density at radius 1 is 1.10 bits per heavy atom. The van der Waals surface area contributed by atoms with E-state index >= 15 is 0 Å². The third-order valence-electron chi connectivity index (χ3n) is 5.53. The van der Waals surface area contributed by atoms with Crippen molar-refractivity contribution >= 4 is 34.6 Å². The highest BCUT2D eigenvalue weighted by atomic mass is 35.5. The van der Waals surface area contributed by atoms with Gasteiger partial charge in [-0.15, -0.1) is 0 Å². The van der Waals surface area contributed by atoms with Crippen LogP contribution in [0.2, 0.25) is 5.02 Å². The summed E-state index contributed by atoms with van der Waals surface area (Å²) < 4.78 is 6.11. The van der Waals surface area contributed by atoms with Gasteiger partial charge in [0.1, 0.15) is 5.76 Å². The number of carbonyl (C=O) groups excluding carboxylic acids is 1. The van der Waals surface area contributed by atoms with Crippen molar-refractivity contribution in [2.24, 2.45) is 10.5 Å². The van der Waals surface area contributed by atoms with E-state index in [0.717, 1.165) is 46.7 Å². The van der Waals surface area contributed by atoms with Crippen LogP contribution in [0.5, 0.6) is 0 Å². The zero-order chi connectivity index (χ0) is 22.2. The molecule has 5 nitrogen and oxygen atoms in total. The van der Waals surface area contributed by atoms with Crippen molar-refractivity contribution in [1.82, 2.24) is 0 Å². The van der Waals surface area contributed by atoms with Crippen LogP contribution in [-0.4, -0.2) is 11.6 Å². The number of amides is 1. The predicted molar refractivity (Wildman–Crippen MR) is 126 cm³/mol. The largest absolute Gasteiger partial charge is 0.455 e. The molecule has 0 fully saturated rings. The van der Waals surface area contributed by atoms with Crippen LogP contribution in [0.4, 0.5) is 11.4 Å². The molecular formula is C25H26ClN3O2. The Bertz CT molecular complexity index is 1160. The summed E-state index contributed by atoms with van der Waals surface area (Å²) in [7, 11) is 0. The summed E-state index contributed by atoms with van der Waals surface area (Å²) in [4.78, 5) is 13.0. The normalized spacial score (nSPS) is 16.1. The number of carbonyl (C=O) groups is 1. The van der Waals surface area contributed by atoms with E-state index in [4.69, 9.17) is 21.1 Å². The van der Waals surface area contributed by atoms with Crippen LogP contribution in [0.15, 0.2) is 58.0 Å². The number of nitrogens with one attached hydrogen (secondary N) is 2. The number of aryl methyl sites for hydroxylation is 1. The standard InChI is InChI=1S/C25H26ClN3O2/c1-15-12-17(26)10-11-19(15)27-24(30)23-16(2)22-20(13-25(3,4)14-21(22)31-23)29-28-18-8-6-5-7-9-18/h5-12,28H,13-14H2,1-4H3,(H,27,30)/b29-20-. The number of hydrazone groups is 1. The highest BCUT2D eigenvalue weighted by Crippen LogP contribution is 2.39. The summed E-state index contributed by atoms with van der Waals surface area (Å²) >= 11 is 6.03. The fourth-order valence-electron chi connectivity index (χ4n) is 4.02. The number of halogens is 1. The van der Waals surface area contributed by atoms with Crippen molar-refractivity contribution in [3.63, 3.8) is 0 Å². The number of para-hydroxylation sites is 1. The fourth-order valence-corrected chi connectivity index (χ4v) is 4.24. The number of anilines is 2. The average molecular weight is 436 g/mol. The third kappa shape index (κ3) is 4.52. The molecule has 0 spiro atoms. The van der Waals surface area contributed by atoms with Crippen molar-refractivity contribution in [3.8, 4) is 0 Å². The van der Waals surface area contributed by atoms with Gasteiger partial charge < -0.3 is 9.73 Å². The molecule has 0 saturated carbocycles. The van der Waals surface area contributed by atoms with Crippen LogP contribution in [0.25, 0.3) is 0 Å². The second-order valence-corrected chi connectivity index (χ2v) is 9.26. The number of rotatable bonds is 4. The van der Waals surface area contributed by atoms with Gasteiger partial charge in [0.2, 0.25) is 0 Å². The summed E-state index contributed by atoms with van der Waals surface area (Å²) in [5.41, 5.74) is 8.29. The number of furan rings is 1. The van der Waals surface area contributed by atoms with Crippen molar-refractivity contribution in [2.75, 3.05) is 10.7 Å². The summed E-state index contributed by atoms with van der Waals surface area (Å²) in [6.07, 6.45) is 1.54. The first-order valence-corrected chi connectivity index (χ1v) is 10.7. The van der Waals surface area contributed by atoms with Gasteiger partial charge in [-0.2, -0.15) is 5.10 Å². The van der Waals surface area contributed by atoms with E-state index in [1.54, 1.807) is 12.1 Å². The first kappa shape index (κ1) is 21.2. The summed E-state index contributed by atoms with van der Waals surface area (Å²) in [6, 6.07) is 15.2. The molecule has 1 heterocycles. The topological polar surface area (TPSA) is 66.6 Å². The van der Waals surface area contributed by atoms with Crippen molar-refractivity contribution in [1.29, 1.82) is 0 Å². The molecule has 1 amide bonds. The molecule has 31 heavy (non-hydrogen) atoms. The van der Waals surface area contributed by atoms with E-state index < -0.39 is 0 Å². The van der Waals surface area contributed by atoms with Gasteiger partial charge in [0.05, 0.1) is 11.4 Å². The molecule has 160 valence electrons. The quantitative estimate of drug-likeness (QED) is 0.454. The zero-order valence-electron chi connectivity index (χ0n) is 18.2. The van der Waals surface area contributed by atoms with Crippen LogP contribution in [0, 0.1) is 19.3 Å². The first-order chi connectivity index (χ1) is 14.7. The molecule has 1 aromatic heterocycles. The second-order valence-electron chi connectivity index (χ2n) is 8.82. The first-order valence-electron chi connectivity index (χ1n) is 10.3. The lowest BCUT2D eigenvalue weighted by molar-refractivity contribution is 0.0992. The molecule has 6 heteroatoms. The maximum atomic E-state index is 13.0. The highest BCUT2D eigenvalue weighted by Gasteiger charge is 2.36. The van der Waals surface area contributed by atoms with Crippen molar-refractivity contribution in [2.45, 2.75) is 40.5 Å². The molecule has 0 unspecified atom stereocenters. The summed E-state index contributed by atoms with van der Waals surface area (Å²) in [6.45, 7) is 8.19. The van der Waals surface area contributed by atoms with Gasteiger partial charge in [0.15, 0.2) is 5.76 Å². The van der Waals surface area contributed by atoms with E-state index in [0.29, 0.717) is 16.5 Å². The molecule has 0 aliphatic heterocycles. The van der Waals surface area contributed by atoms with Gasteiger partial charge in [0.25, 0.3) is 5.91 Å². The van der Waals surface area contributed by atoms with Crippen molar-refractivity contribution in [3.05, 3.63) is 81.8 Å². The van der Waals surface area contributed by atoms with Gasteiger partial charge in [-0.05, 0) is 61.6 Å². The number of nitrogens with zero attached hydrogens (tertiary/aromatic N) is 1. The van der Waals surface area contributed by atoms with Crippen LogP contribution in [-0.2, 0) is 6.42 Å². The molecule has 1 aliphatic rings. The van der Waals surface area contributed by atoms with Gasteiger partial charge in [-0.1, -0.05) is 43.6 Å². The van der Waals surface area contributed by atoms with E-state index in [-0.39, 0.29) is 11.3 Å².